The minimum absolute atomic E-state index is 0.0637. The SMILES string of the molecule is CC(COCc1ccccc1)NC(N)=O. The summed E-state index contributed by atoms with van der Waals surface area (Å²) in [5.74, 6) is 0. The van der Waals surface area contributed by atoms with Crippen molar-refractivity contribution in [2.24, 2.45) is 5.73 Å². The second-order valence-electron chi connectivity index (χ2n) is 3.41. The highest BCUT2D eigenvalue weighted by molar-refractivity contribution is 5.71. The van der Waals surface area contributed by atoms with Gasteiger partial charge in [-0.2, -0.15) is 0 Å². The first-order chi connectivity index (χ1) is 7.18. The van der Waals surface area contributed by atoms with Crippen LogP contribution in [0.2, 0.25) is 0 Å². The highest BCUT2D eigenvalue weighted by Gasteiger charge is 2.03. The largest absolute Gasteiger partial charge is 0.375 e. The lowest BCUT2D eigenvalue weighted by molar-refractivity contribution is 0.105. The van der Waals surface area contributed by atoms with Crippen molar-refractivity contribution < 1.29 is 9.53 Å². The Hall–Kier alpha value is -1.55. The van der Waals surface area contributed by atoms with Gasteiger partial charge in [-0.15, -0.1) is 0 Å². The summed E-state index contributed by atoms with van der Waals surface area (Å²) >= 11 is 0. The third-order valence-corrected chi connectivity index (χ3v) is 1.87. The van der Waals surface area contributed by atoms with Gasteiger partial charge in [0.05, 0.1) is 19.3 Å². The van der Waals surface area contributed by atoms with E-state index in [4.69, 9.17) is 10.5 Å². The predicted octanol–water partition coefficient (Wildman–Crippen LogP) is 1.26. The van der Waals surface area contributed by atoms with E-state index in [0.717, 1.165) is 5.56 Å². The van der Waals surface area contributed by atoms with Crippen LogP contribution in [-0.4, -0.2) is 18.7 Å². The maximum absolute atomic E-state index is 10.5. The molecule has 1 rings (SSSR count). The number of ether oxygens (including phenoxy) is 1. The summed E-state index contributed by atoms with van der Waals surface area (Å²) in [5.41, 5.74) is 6.09. The van der Waals surface area contributed by atoms with E-state index in [1.807, 2.05) is 37.3 Å². The Kier molecular flexibility index (Phi) is 4.63. The van der Waals surface area contributed by atoms with Crippen molar-refractivity contribution in [2.75, 3.05) is 6.61 Å². The van der Waals surface area contributed by atoms with Gasteiger partial charge in [0.2, 0.25) is 0 Å². The van der Waals surface area contributed by atoms with Gasteiger partial charge in [0.25, 0.3) is 0 Å². The van der Waals surface area contributed by atoms with E-state index in [-0.39, 0.29) is 6.04 Å². The summed E-state index contributed by atoms with van der Waals surface area (Å²) in [6.07, 6.45) is 0. The predicted molar refractivity (Wildman–Crippen MR) is 58.3 cm³/mol. The van der Waals surface area contributed by atoms with Crippen molar-refractivity contribution in [2.45, 2.75) is 19.6 Å². The molecule has 82 valence electrons. The third-order valence-electron chi connectivity index (χ3n) is 1.87. The van der Waals surface area contributed by atoms with Crippen molar-refractivity contribution in [3.63, 3.8) is 0 Å². The fourth-order valence-corrected chi connectivity index (χ4v) is 1.21. The van der Waals surface area contributed by atoms with Crippen molar-refractivity contribution in [1.29, 1.82) is 0 Å². The van der Waals surface area contributed by atoms with Crippen molar-refractivity contribution in [3.05, 3.63) is 35.9 Å². The maximum Gasteiger partial charge on any atom is 0.312 e. The molecule has 0 saturated heterocycles. The number of benzene rings is 1. The Morgan fingerprint density at radius 1 is 1.47 bits per heavy atom. The number of hydrogen-bond donors (Lipinski definition) is 2. The Balaban J connectivity index is 2.19. The van der Waals surface area contributed by atoms with Gasteiger partial charge >= 0.3 is 6.03 Å². The van der Waals surface area contributed by atoms with E-state index in [1.54, 1.807) is 0 Å². The first-order valence-corrected chi connectivity index (χ1v) is 4.86. The number of rotatable bonds is 5. The number of nitrogens with one attached hydrogen (secondary N) is 1. The van der Waals surface area contributed by atoms with Crippen LogP contribution < -0.4 is 11.1 Å². The van der Waals surface area contributed by atoms with Crippen molar-refractivity contribution in [1.82, 2.24) is 5.32 Å². The smallest absolute Gasteiger partial charge is 0.312 e. The zero-order chi connectivity index (χ0) is 11.1. The lowest BCUT2D eigenvalue weighted by atomic mass is 10.2. The van der Waals surface area contributed by atoms with Gasteiger partial charge in [-0.25, -0.2) is 4.79 Å². The number of amides is 2. The molecule has 1 unspecified atom stereocenters. The molecule has 0 saturated carbocycles. The van der Waals surface area contributed by atoms with E-state index < -0.39 is 6.03 Å². The van der Waals surface area contributed by atoms with Gasteiger partial charge < -0.3 is 15.8 Å². The molecule has 0 bridgehead atoms. The van der Waals surface area contributed by atoms with Crippen LogP contribution in [0.4, 0.5) is 4.79 Å². The zero-order valence-electron chi connectivity index (χ0n) is 8.77. The van der Waals surface area contributed by atoms with Gasteiger partial charge in [0.1, 0.15) is 0 Å². The average Bonchev–Trinajstić information content (AvgIpc) is 2.18. The van der Waals surface area contributed by atoms with E-state index in [9.17, 15) is 4.79 Å². The Labute approximate surface area is 89.4 Å². The molecular formula is C11H16N2O2. The second kappa shape index (κ2) is 6.03. The fourth-order valence-electron chi connectivity index (χ4n) is 1.21. The molecule has 4 heteroatoms. The molecule has 2 amide bonds. The highest BCUT2D eigenvalue weighted by atomic mass is 16.5. The van der Waals surface area contributed by atoms with Crippen LogP contribution in [0.3, 0.4) is 0 Å². The Bertz CT molecular complexity index is 301. The molecule has 4 nitrogen and oxygen atoms in total. The summed E-state index contributed by atoms with van der Waals surface area (Å²) in [5, 5.41) is 2.54. The van der Waals surface area contributed by atoms with Crippen LogP contribution in [0.1, 0.15) is 12.5 Å². The van der Waals surface area contributed by atoms with E-state index >= 15 is 0 Å². The van der Waals surface area contributed by atoms with Gasteiger partial charge in [-0.1, -0.05) is 30.3 Å². The molecule has 3 N–H and O–H groups in total. The van der Waals surface area contributed by atoms with Gasteiger partial charge in [0.15, 0.2) is 0 Å². The van der Waals surface area contributed by atoms with Crippen LogP contribution in [0.25, 0.3) is 0 Å². The quantitative estimate of drug-likeness (QED) is 0.765. The minimum Gasteiger partial charge on any atom is -0.375 e. The molecule has 1 aromatic carbocycles. The molecule has 1 aromatic rings. The van der Waals surface area contributed by atoms with Gasteiger partial charge in [0, 0.05) is 0 Å². The summed E-state index contributed by atoms with van der Waals surface area (Å²) < 4.78 is 5.41. The molecule has 0 spiro atoms. The molecule has 0 fully saturated rings. The molecule has 0 aliphatic rings. The molecular weight excluding hydrogens is 192 g/mol. The van der Waals surface area contributed by atoms with Crippen LogP contribution in [0, 0.1) is 0 Å². The maximum atomic E-state index is 10.5. The number of nitrogens with two attached hydrogens (primary N) is 1. The summed E-state index contributed by atoms with van der Waals surface area (Å²) in [6, 6.07) is 9.28. The first-order valence-electron chi connectivity index (χ1n) is 4.86. The van der Waals surface area contributed by atoms with Crippen molar-refractivity contribution >= 4 is 6.03 Å². The van der Waals surface area contributed by atoms with E-state index in [1.165, 1.54) is 0 Å². The molecule has 15 heavy (non-hydrogen) atoms. The molecule has 0 heterocycles. The third kappa shape index (κ3) is 5.02. The minimum atomic E-state index is -0.522. The van der Waals surface area contributed by atoms with Crippen LogP contribution >= 0.6 is 0 Å². The van der Waals surface area contributed by atoms with Crippen LogP contribution in [0.5, 0.6) is 0 Å². The molecule has 0 aliphatic heterocycles. The number of primary amides is 1. The van der Waals surface area contributed by atoms with Crippen molar-refractivity contribution in [3.8, 4) is 0 Å². The molecule has 0 radical (unpaired) electrons. The Morgan fingerprint density at radius 2 is 2.13 bits per heavy atom. The summed E-state index contributed by atoms with van der Waals surface area (Å²) in [6.45, 7) is 2.85. The molecule has 1 atom stereocenters. The number of urea groups is 1. The lowest BCUT2D eigenvalue weighted by Gasteiger charge is -2.12. The van der Waals surface area contributed by atoms with Gasteiger partial charge in [-0.05, 0) is 12.5 Å². The van der Waals surface area contributed by atoms with Crippen LogP contribution in [-0.2, 0) is 11.3 Å². The van der Waals surface area contributed by atoms with E-state index in [0.29, 0.717) is 13.2 Å². The lowest BCUT2D eigenvalue weighted by Crippen LogP contribution is -2.39. The number of carbonyl (C=O) groups is 1. The first kappa shape index (κ1) is 11.5. The van der Waals surface area contributed by atoms with E-state index in [2.05, 4.69) is 5.32 Å². The molecule has 0 aromatic heterocycles. The highest BCUT2D eigenvalue weighted by Crippen LogP contribution is 2.00. The monoisotopic (exact) mass is 208 g/mol. The number of hydrogen-bond acceptors (Lipinski definition) is 2. The second-order valence-corrected chi connectivity index (χ2v) is 3.41. The average molecular weight is 208 g/mol. The molecule has 0 aliphatic carbocycles. The van der Waals surface area contributed by atoms with Crippen LogP contribution in [0.15, 0.2) is 30.3 Å². The van der Waals surface area contributed by atoms with Gasteiger partial charge in [-0.3, -0.25) is 0 Å². The summed E-state index contributed by atoms with van der Waals surface area (Å²) in [4.78, 5) is 10.5. The normalized spacial score (nSPS) is 12.1. The fraction of sp³-hybridized carbons (Fsp3) is 0.364. The zero-order valence-corrected chi connectivity index (χ0v) is 8.77. The topological polar surface area (TPSA) is 64.3 Å². The summed E-state index contributed by atoms with van der Waals surface area (Å²) in [7, 11) is 0. The number of carbonyl (C=O) groups excluding carboxylic acids is 1. The Morgan fingerprint density at radius 3 is 2.73 bits per heavy atom. The standard InChI is InChI=1S/C11H16N2O2/c1-9(13-11(12)14)7-15-8-10-5-3-2-4-6-10/h2-6,9H,7-8H2,1H3,(H3,12,13,14).